The summed E-state index contributed by atoms with van der Waals surface area (Å²) in [4.78, 5) is 37.4. The first kappa shape index (κ1) is 71.2. The largest absolute Gasteiger partial charge is 0.545 e. The number of carboxylic acids is 1. The number of ether oxygens (including phenoxy) is 4. The Morgan fingerprint density at radius 3 is 1.13 bits per heavy atom. The number of quaternary nitrogens is 1. The van der Waals surface area contributed by atoms with E-state index in [0.29, 0.717) is 17.4 Å². The lowest BCUT2D eigenvalue weighted by Crippen LogP contribution is -2.44. The van der Waals surface area contributed by atoms with E-state index in [1.165, 1.54) is 122 Å². The zero-order valence-electron chi connectivity index (χ0n) is 48.9. The number of nitrogens with zero attached hydrogens (tertiary/aromatic N) is 1. The highest BCUT2D eigenvalue weighted by molar-refractivity contribution is 5.70. The summed E-state index contributed by atoms with van der Waals surface area (Å²) in [5.74, 6) is -2.30. The molecule has 430 valence electrons. The van der Waals surface area contributed by atoms with Crippen LogP contribution in [-0.4, -0.2) is 82.3 Å². The fourth-order valence-corrected chi connectivity index (χ4v) is 8.16. The molecule has 9 nitrogen and oxygen atoms in total. The van der Waals surface area contributed by atoms with Gasteiger partial charge in [0, 0.05) is 12.8 Å². The lowest BCUT2D eigenvalue weighted by molar-refractivity contribution is -0.870. The Labute approximate surface area is 461 Å². The summed E-state index contributed by atoms with van der Waals surface area (Å²) < 4.78 is 22.7. The van der Waals surface area contributed by atoms with Gasteiger partial charge in [0.1, 0.15) is 13.2 Å². The Kier molecular flexibility index (Phi) is 53.6. The lowest BCUT2D eigenvalue weighted by Gasteiger charge is -2.26. The molecule has 0 N–H and O–H groups in total. The van der Waals surface area contributed by atoms with Crippen LogP contribution in [0.5, 0.6) is 0 Å². The van der Waals surface area contributed by atoms with Crippen LogP contribution in [0.15, 0.2) is 97.2 Å². The van der Waals surface area contributed by atoms with E-state index in [4.69, 9.17) is 18.9 Å². The van der Waals surface area contributed by atoms with Gasteiger partial charge in [-0.15, -0.1) is 0 Å². The third-order valence-electron chi connectivity index (χ3n) is 12.8. The van der Waals surface area contributed by atoms with Crippen molar-refractivity contribution >= 4 is 17.9 Å². The minimum Gasteiger partial charge on any atom is -0.545 e. The highest BCUT2D eigenvalue weighted by Crippen LogP contribution is 2.15. The fraction of sp³-hybridized carbons (Fsp3) is 0.712. The van der Waals surface area contributed by atoms with E-state index in [1.54, 1.807) is 0 Å². The van der Waals surface area contributed by atoms with Gasteiger partial charge in [0.25, 0.3) is 0 Å². The molecular weight excluding hydrogens is 935 g/mol. The zero-order valence-corrected chi connectivity index (χ0v) is 48.9. The topological polar surface area (TPSA) is 111 Å². The molecule has 0 saturated carbocycles. The van der Waals surface area contributed by atoms with Crippen molar-refractivity contribution in [2.75, 3.05) is 47.5 Å². The van der Waals surface area contributed by atoms with Gasteiger partial charge in [-0.25, -0.2) is 0 Å². The van der Waals surface area contributed by atoms with Gasteiger partial charge < -0.3 is 33.3 Å². The van der Waals surface area contributed by atoms with Crippen LogP contribution in [-0.2, 0) is 33.3 Å². The van der Waals surface area contributed by atoms with E-state index >= 15 is 0 Å². The molecule has 0 fully saturated rings. The number of unbranched alkanes of at least 4 members (excludes halogenated alkanes) is 24. The number of carbonyl (C=O) groups excluding carboxylic acids is 3. The van der Waals surface area contributed by atoms with Crippen LogP contribution in [0.1, 0.15) is 245 Å². The third kappa shape index (κ3) is 57.7. The minimum absolute atomic E-state index is 0.142. The molecular formula is C66H113NO8. The summed E-state index contributed by atoms with van der Waals surface area (Å²) >= 11 is 0. The normalized spacial score (nSPS) is 13.5. The van der Waals surface area contributed by atoms with Crippen molar-refractivity contribution in [1.29, 1.82) is 0 Å². The Hall–Kier alpha value is -3.79. The van der Waals surface area contributed by atoms with Crippen molar-refractivity contribution in [2.24, 2.45) is 0 Å². The SMILES string of the molecule is CC/C=C\C/C=C\C/C=C\C/C=C\C/C=C\C/C=C\CCCCCCCCCCCCC(=O)OC(COC(=O)CCCCCCCCCCC/C=C\C/C=C\CCCCCCC)COC(OCC[N+](C)(C)C)C(=O)[O-]. The first-order valence-corrected chi connectivity index (χ1v) is 30.4. The maximum Gasteiger partial charge on any atom is 0.306 e. The molecule has 2 unspecified atom stereocenters. The van der Waals surface area contributed by atoms with Crippen LogP contribution < -0.4 is 5.11 Å². The highest BCUT2D eigenvalue weighted by atomic mass is 16.7. The molecule has 0 aromatic heterocycles. The molecule has 75 heavy (non-hydrogen) atoms. The van der Waals surface area contributed by atoms with Crippen molar-refractivity contribution in [3.05, 3.63) is 97.2 Å². The Morgan fingerprint density at radius 2 is 0.760 bits per heavy atom. The highest BCUT2D eigenvalue weighted by Gasteiger charge is 2.22. The first-order valence-electron chi connectivity index (χ1n) is 30.4. The second kappa shape index (κ2) is 56.4. The van der Waals surface area contributed by atoms with Crippen molar-refractivity contribution in [1.82, 2.24) is 0 Å². The predicted octanol–water partition coefficient (Wildman–Crippen LogP) is 16.8. The molecule has 2 atom stereocenters. The summed E-state index contributed by atoms with van der Waals surface area (Å²) in [7, 11) is 5.92. The molecule has 0 aromatic rings. The van der Waals surface area contributed by atoms with Crippen molar-refractivity contribution in [2.45, 2.75) is 257 Å². The lowest BCUT2D eigenvalue weighted by atomic mass is 10.0. The van der Waals surface area contributed by atoms with E-state index in [-0.39, 0.29) is 38.6 Å². The molecule has 9 heteroatoms. The van der Waals surface area contributed by atoms with Crippen LogP contribution in [0.3, 0.4) is 0 Å². The molecule has 0 amide bonds. The molecule has 0 bridgehead atoms. The second-order valence-electron chi connectivity index (χ2n) is 21.3. The summed E-state index contributed by atoms with van der Waals surface area (Å²) in [6.07, 6.45) is 73.1. The van der Waals surface area contributed by atoms with Gasteiger partial charge in [-0.1, -0.05) is 233 Å². The molecule has 0 aliphatic rings. The van der Waals surface area contributed by atoms with Gasteiger partial charge in [-0.3, -0.25) is 9.59 Å². The molecule has 0 saturated heterocycles. The minimum atomic E-state index is -1.63. The number of esters is 2. The predicted molar refractivity (Wildman–Crippen MR) is 315 cm³/mol. The van der Waals surface area contributed by atoms with E-state index in [9.17, 15) is 19.5 Å². The van der Waals surface area contributed by atoms with Gasteiger partial charge >= 0.3 is 11.9 Å². The maximum absolute atomic E-state index is 12.9. The number of likely N-dealkylation sites (N-methyl/N-ethyl adjacent to an activating group) is 1. The molecule has 0 aliphatic carbocycles. The molecule has 0 radical (unpaired) electrons. The summed E-state index contributed by atoms with van der Waals surface area (Å²) in [5, 5.41) is 11.8. The van der Waals surface area contributed by atoms with Crippen LogP contribution in [0.2, 0.25) is 0 Å². The fourth-order valence-electron chi connectivity index (χ4n) is 8.16. The number of aliphatic carboxylic acids is 1. The molecule has 0 heterocycles. The third-order valence-corrected chi connectivity index (χ3v) is 12.8. The van der Waals surface area contributed by atoms with E-state index in [0.717, 1.165) is 89.9 Å². The molecule has 0 spiro atoms. The average Bonchev–Trinajstić information content (AvgIpc) is 3.38. The van der Waals surface area contributed by atoms with E-state index in [2.05, 4.69) is 111 Å². The number of rotatable bonds is 55. The van der Waals surface area contributed by atoms with Crippen molar-refractivity contribution in [3.63, 3.8) is 0 Å². The van der Waals surface area contributed by atoms with Gasteiger partial charge in [-0.05, 0) is 96.3 Å². The molecule has 0 aliphatic heterocycles. The number of carbonyl (C=O) groups is 3. The molecule has 0 aromatic carbocycles. The van der Waals surface area contributed by atoms with Crippen LogP contribution in [0, 0.1) is 0 Å². The first-order chi connectivity index (χ1) is 36.6. The molecule has 0 rings (SSSR count). The van der Waals surface area contributed by atoms with Crippen LogP contribution >= 0.6 is 0 Å². The van der Waals surface area contributed by atoms with Crippen molar-refractivity contribution < 1.29 is 42.9 Å². The maximum atomic E-state index is 12.9. The van der Waals surface area contributed by atoms with E-state index < -0.39 is 24.3 Å². The quantitative estimate of drug-likeness (QED) is 0.0195. The summed E-state index contributed by atoms with van der Waals surface area (Å²) in [5.41, 5.74) is 0. The van der Waals surface area contributed by atoms with Crippen LogP contribution in [0.25, 0.3) is 0 Å². The van der Waals surface area contributed by atoms with E-state index in [1.807, 2.05) is 21.1 Å². The second-order valence-corrected chi connectivity index (χ2v) is 21.3. The zero-order chi connectivity index (χ0) is 54.8. The smallest absolute Gasteiger partial charge is 0.306 e. The number of allylic oxidation sites excluding steroid dienone is 16. The standard InChI is InChI=1S/C66H113NO8/c1-6-8-10-12-14-16-18-20-22-24-26-28-29-30-31-32-33-34-35-37-39-41-43-45-47-49-51-53-55-57-64(69)75-62(61-74-66(65(70)71)72-59-58-67(3,4)5)60-73-63(68)56-54-52-50-48-46-44-42-40-38-36-27-25-23-21-19-17-15-13-11-9-7-2/h8,10,14,16,19-22,25-28,30-31,33-34,62,66H,6-7,9,11-13,15,17-18,23-24,29,32,35-61H2,1-5H3/b10-8-,16-14-,21-19-,22-20-,27-25-,28-26-,31-30-,34-33-. The van der Waals surface area contributed by atoms with Gasteiger partial charge in [0.05, 0.1) is 40.3 Å². The van der Waals surface area contributed by atoms with Gasteiger partial charge in [0.2, 0.25) is 0 Å². The van der Waals surface area contributed by atoms with Gasteiger partial charge in [0.15, 0.2) is 12.4 Å². The summed E-state index contributed by atoms with van der Waals surface area (Å²) in [6, 6.07) is 0. The number of hydrogen-bond donors (Lipinski definition) is 0. The van der Waals surface area contributed by atoms with Crippen molar-refractivity contribution in [3.8, 4) is 0 Å². The Balaban J connectivity index is 4.25. The Bertz CT molecular complexity index is 1550. The Morgan fingerprint density at radius 1 is 0.413 bits per heavy atom. The average molecular weight is 1050 g/mol. The number of hydrogen-bond acceptors (Lipinski definition) is 8. The monoisotopic (exact) mass is 1050 g/mol. The van der Waals surface area contributed by atoms with Crippen LogP contribution in [0.4, 0.5) is 0 Å². The number of carboxylic acid groups (broad SMARTS) is 1. The summed E-state index contributed by atoms with van der Waals surface area (Å²) in [6.45, 7) is 4.62. The van der Waals surface area contributed by atoms with Gasteiger partial charge in [-0.2, -0.15) is 0 Å².